The van der Waals surface area contributed by atoms with Gasteiger partial charge < -0.3 is 9.15 Å². The Kier molecular flexibility index (Phi) is 5.71. The van der Waals surface area contributed by atoms with Crippen molar-refractivity contribution in [3.05, 3.63) is 65.9 Å². The molecule has 3 aromatic rings. The summed E-state index contributed by atoms with van der Waals surface area (Å²) < 4.78 is 76.5. The Balaban J connectivity index is 1.89. The second kappa shape index (κ2) is 7.91. The van der Waals surface area contributed by atoms with Crippen LogP contribution in [0.5, 0.6) is 5.75 Å². The maximum absolute atomic E-state index is 12.7. The summed E-state index contributed by atoms with van der Waals surface area (Å²) in [6, 6.07) is 9.03. The van der Waals surface area contributed by atoms with Gasteiger partial charge in [-0.25, -0.2) is 13.1 Å². The molecule has 7 nitrogen and oxygen atoms in total. The highest BCUT2D eigenvalue weighted by Crippen LogP contribution is 2.29. The van der Waals surface area contributed by atoms with E-state index in [-0.39, 0.29) is 6.54 Å². The lowest BCUT2D eigenvalue weighted by atomic mass is 10.2. The molecule has 0 radical (unpaired) electrons. The molecule has 1 N–H and O–H groups in total. The van der Waals surface area contributed by atoms with Crippen LogP contribution in [-0.4, -0.2) is 31.1 Å². The van der Waals surface area contributed by atoms with E-state index >= 15 is 0 Å². The first-order valence-corrected chi connectivity index (χ1v) is 9.96. The number of halogens is 3. The van der Waals surface area contributed by atoms with Gasteiger partial charge in [-0.1, -0.05) is 12.1 Å². The Bertz CT molecular complexity index is 1080. The van der Waals surface area contributed by atoms with E-state index in [0.29, 0.717) is 5.76 Å². The summed E-state index contributed by atoms with van der Waals surface area (Å²) in [5.74, 6) is -0.369. The minimum Gasteiger partial charge on any atom is -0.467 e. The number of furan rings is 1. The van der Waals surface area contributed by atoms with Gasteiger partial charge >= 0.3 is 6.36 Å². The van der Waals surface area contributed by atoms with Crippen molar-refractivity contribution >= 4 is 10.0 Å². The summed E-state index contributed by atoms with van der Waals surface area (Å²) in [6.45, 7) is 3.40. The van der Waals surface area contributed by atoms with E-state index in [1.54, 1.807) is 30.7 Å². The van der Waals surface area contributed by atoms with E-state index in [0.717, 1.165) is 23.5 Å². The largest absolute Gasteiger partial charge is 0.573 e. The van der Waals surface area contributed by atoms with Gasteiger partial charge in [0, 0.05) is 12.2 Å². The molecule has 1 atom stereocenters. The topological polar surface area (TPSA) is 86.4 Å². The zero-order chi connectivity index (χ0) is 21.2. The summed E-state index contributed by atoms with van der Waals surface area (Å²) in [7, 11) is -4.32. The van der Waals surface area contributed by atoms with E-state index < -0.39 is 33.1 Å². The number of nitrogens with zero attached hydrogens (tertiary/aromatic N) is 2. The summed E-state index contributed by atoms with van der Waals surface area (Å²) in [4.78, 5) is -0.621. The number of benzene rings is 1. The quantitative estimate of drug-likeness (QED) is 0.621. The van der Waals surface area contributed by atoms with Crippen LogP contribution in [0.2, 0.25) is 0 Å². The Morgan fingerprint density at radius 2 is 1.93 bits per heavy atom. The van der Waals surface area contributed by atoms with Crippen LogP contribution in [0.3, 0.4) is 0 Å². The number of ether oxygens (including phenoxy) is 1. The molecule has 156 valence electrons. The number of hydrogen-bond acceptors (Lipinski definition) is 5. The average Bonchev–Trinajstić information content (AvgIpc) is 3.24. The van der Waals surface area contributed by atoms with Gasteiger partial charge in [0.05, 0.1) is 12.0 Å². The molecule has 2 heterocycles. The summed E-state index contributed by atoms with van der Waals surface area (Å²) in [5, 5.41) is 4.35. The Hall–Kier alpha value is -2.79. The van der Waals surface area contributed by atoms with Crippen molar-refractivity contribution in [1.29, 1.82) is 0 Å². The first-order chi connectivity index (χ1) is 13.6. The van der Waals surface area contributed by atoms with Crippen molar-refractivity contribution in [2.75, 3.05) is 6.54 Å². The smallest absolute Gasteiger partial charge is 0.467 e. The second-order valence-corrected chi connectivity index (χ2v) is 7.98. The van der Waals surface area contributed by atoms with E-state index in [1.807, 2.05) is 6.07 Å². The van der Waals surface area contributed by atoms with Gasteiger partial charge in [0.2, 0.25) is 10.0 Å². The highest BCUT2D eigenvalue weighted by atomic mass is 32.2. The van der Waals surface area contributed by atoms with Crippen LogP contribution in [0.25, 0.3) is 0 Å². The molecule has 1 unspecified atom stereocenters. The SMILES string of the molecule is Cc1cc(C)n(C(CNS(=O)(=O)c2ccccc2OC(F)(F)F)c2ccco2)n1. The average molecular weight is 429 g/mol. The molecule has 1 aromatic carbocycles. The lowest BCUT2D eigenvalue weighted by Gasteiger charge is -2.19. The molecule has 0 aliphatic heterocycles. The summed E-state index contributed by atoms with van der Waals surface area (Å²) in [6.07, 6.45) is -3.58. The predicted octanol–water partition coefficient (Wildman–Crippen LogP) is 3.56. The second-order valence-electron chi connectivity index (χ2n) is 6.25. The monoisotopic (exact) mass is 429 g/mol. The fourth-order valence-electron chi connectivity index (χ4n) is 2.90. The number of para-hydroxylation sites is 1. The van der Waals surface area contributed by atoms with Gasteiger partial charge in [-0.15, -0.1) is 13.2 Å². The van der Waals surface area contributed by atoms with E-state index in [9.17, 15) is 21.6 Å². The third kappa shape index (κ3) is 4.98. The number of alkyl halides is 3. The summed E-state index contributed by atoms with van der Waals surface area (Å²) in [5.41, 5.74) is 1.50. The van der Waals surface area contributed by atoms with Crippen LogP contribution in [0.15, 0.2) is 58.0 Å². The molecule has 0 fully saturated rings. The highest BCUT2D eigenvalue weighted by molar-refractivity contribution is 7.89. The van der Waals surface area contributed by atoms with Crippen molar-refractivity contribution in [2.24, 2.45) is 0 Å². The Morgan fingerprint density at radius 1 is 1.21 bits per heavy atom. The van der Waals surface area contributed by atoms with E-state index in [4.69, 9.17) is 4.42 Å². The molecule has 0 spiro atoms. The van der Waals surface area contributed by atoms with Crippen LogP contribution < -0.4 is 9.46 Å². The molecule has 29 heavy (non-hydrogen) atoms. The molecule has 0 saturated heterocycles. The van der Waals surface area contributed by atoms with E-state index in [1.165, 1.54) is 18.4 Å². The lowest BCUT2D eigenvalue weighted by Crippen LogP contribution is -2.32. The first kappa shape index (κ1) is 20.9. The minimum atomic E-state index is -5.02. The fraction of sp³-hybridized carbons (Fsp3) is 0.278. The van der Waals surface area contributed by atoms with Gasteiger partial charge in [-0.2, -0.15) is 5.10 Å². The molecule has 0 aliphatic rings. The Labute approximate surface area is 165 Å². The number of nitrogens with one attached hydrogen (secondary N) is 1. The van der Waals surface area contributed by atoms with Crippen molar-refractivity contribution in [3.63, 3.8) is 0 Å². The van der Waals surface area contributed by atoms with Crippen LogP contribution in [0.4, 0.5) is 13.2 Å². The third-order valence-electron chi connectivity index (χ3n) is 4.04. The van der Waals surface area contributed by atoms with Gasteiger partial charge in [-0.3, -0.25) is 4.68 Å². The van der Waals surface area contributed by atoms with Gasteiger partial charge in [0.1, 0.15) is 22.4 Å². The van der Waals surface area contributed by atoms with Crippen molar-refractivity contribution < 1.29 is 30.7 Å². The molecular formula is C18H18F3N3O4S. The normalized spacial score (nSPS) is 13.4. The van der Waals surface area contributed by atoms with Crippen LogP contribution in [0.1, 0.15) is 23.2 Å². The minimum absolute atomic E-state index is 0.196. The number of rotatable bonds is 7. The first-order valence-electron chi connectivity index (χ1n) is 8.47. The number of aryl methyl sites for hydroxylation is 2. The zero-order valence-corrected chi connectivity index (χ0v) is 16.3. The molecule has 0 bridgehead atoms. The molecule has 0 aliphatic carbocycles. The maximum Gasteiger partial charge on any atom is 0.573 e. The summed E-state index contributed by atoms with van der Waals surface area (Å²) >= 11 is 0. The fourth-order valence-corrected chi connectivity index (χ4v) is 4.06. The van der Waals surface area contributed by atoms with Crippen LogP contribution >= 0.6 is 0 Å². The van der Waals surface area contributed by atoms with Gasteiger partial charge in [0.15, 0.2) is 0 Å². The molecular weight excluding hydrogens is 411 g/mol. The molecule has 2 aromatic heterocycles. The van der Waals surface area contributed by atoms with Crippen LogP contribution in [-0.2, 0) is 10.0 Å². The standard InChI is InChI=1S/C18H18F3N3O4S/c1-12-10-13(2)24(23-12)14(15-7-5-9-27-15)11-22-29(25,26)17-8-4-3-6-16(17)28-18(19,20)21/h3-10,14,22H,11H2,1-2H3. The molecule has 0 saturated carbocycles. The molecule has 11 heteroatoms. The van der Waals surface area contributed by atoms with E-state index in [2.05, 4.69) is 14.6 Å². The van der Waals surface area contributed by atoms with Crippen molar-refractivity contribution in [1.82, 2.24) is 14.5 Å². The third-order valence-corrected chi connectivity index (χ3v) is 5.51. The van der Waals surface area contributed by atoms with Gasteiger partial charge in [0.25, 0.3) is 0 Å². The number of aromatic nitrogens is 2. The predicted molar refractivity (Wildman–Crippen MR) is 96.9 cm³/mol. The van der Waals surface area contributed by atoms with Gasteiger partial charge in [-0.05, 0) is 44.2 Å². The maximum atomic E-state index is 12.7. The van der Waals surface area contributed by atoms with Crippen LogP contribution in [0, 0.1) is 13.8 Å². The Morgan fingerprint density at radius 3 is 2.52 bits per heavy atom. The highest BCUT2D eigenvalue weighted by Gasteiger charge is 2.34. The van der Waals surface area contributed by atoms with Crippen molar-refractivity contribution in [3.8, 4) is 5.75 Å². The lowest BCUT2D eigenvalue weighted by molar-refractivity contribution is -0.275. The number of sulfonamides is 1. The van der Waals surface area contributed by atoms with Crippen molar-refractivity contribution in [2.45, 2.75) is 31.1 Å². The molecule has 0 amide bonds. The number of hydrogen-bond donors (Lipinski definition) is 1. The molecule has 3 rings (SSSR count). The zero-order valence-electron chi connectivity index (χ0n) is 15.5.